The minimum absolute atomic E-state index is 0.0193. The van der Waals surface area contributed by atoms with Crippen molar-refractivity contribution in [2.45, 2.75) is 25.6 Å². The van der Waals surface area contributed by atoms with Gasteiger partial charge in [-0.05, 0) is 30.7 Å². The fourth-order valence-corrected chi connectivity index (χ4v) is 3.80. The lowest BCUT2D eigenvalue weighted by atomic mass is 10.1. The summed E-state index contributed by atoms with van der Waals surface area (Å²) in [6.45, 7) is 1.41. The van der Waals surface area contributed by atoms with Gasteiger partial charge in [-0.15, -0.1) is 11.3 Å². The number of carbonyl (C=O) groups is 1. The number of aliphatic hydroxyl groups excluding tert-OH is 2. The molecule has 2 aromatic heterocycles. The number of aromatic nitrogens is 3. The van der Waals surface area contributed by atoms with Gasteiger partial charge in [0.15, 0.2) is 0 Å². The number of fused-ring (bicyclic) bond motifs is 2. The number of hydrogen-bond donors (Lipinski definition) is 2. The molecule has 0 fully saturated rings. The van der Waals surface area contributed by atoms with Crippen LogP contribution in [0.5, 0.6) is 0 Å². The molecule has 7 nitrogen and oxygen atoms in total. The van der Waals surface area contributed by atoms with Crippen LogP contribution in [0, 0.1) is 0 Å². The molecule has 0 saturated carbocycles. The van der Waals surface area contributed by atoms with E-state index in [4.69, 9.17) is 5.11 Å². The van der Waals surface area contributed by atoms with Crippen molar-refractivity contribution in [3.8, 4) is 0 Å². The highest BCUT2D eigenvalue weighted by Crippen LogP contribution is 2.22. The van der Waals surface area contributed by atoms with Crippen molar-refractivity contribution in [1.82, 2.24) is 19.7 Å². The van der Waals surface area contributed by atoms with Crippen LogP contribution >= 0.6 is 11.3 Å². The second-order valence-electron chi connectivity index (χ2n) is 6.10. The molecule has 1 aliphatic heterocycles. The van der Waals surface area contributed by atoms with Crippen molar-refractivity contribution < 1.29 is 15.0 Å². The Labute approximate surface area is 148 Å². The van der Waals surface area contributed by atoms with Gasteiger partial charge in [0.1, 0.15) is 6.10 Å². The molecule has 130 valence electrons. The SMILES string of the molecule is O=C(c1ccc2ncsc2c1)N1CCCn2nc(C(O)CO)cc2C1. The molecule has 2 N–H and O–H groups in total. The molecular formula is C17H18N4O3S. The molecule has 8 heteroatoms. The summed E-state index contributed by atoms with van der Waals surface area (Å²) in [6.07, 6.45) is -0.199. The highest BCUT2D eigenvalue weighted by Gasteiger charge is 2.23. The number of thiazole rings is 1. The lowest BCUT2D eigenvalue weighted by molar-refractivity contribution is 0.0745. The Morgan fingerprint density at radius 1 is 1.32 bits per heavy atom. The molecule has 0 radical (unpaired) electrons. The Hall–Kier alpha value is -2.29. The highest BCUT2D eigenvalue weighted by atomic mass is 32.1. The third-order valence-corrected chi connectivity index (χ3v) is 5.20. The van der Waals surface area contributed by atoms with Gasteiger partial charge in [0.05, 0.1) is 40.3 Å². The van der Waals surface area contributed by atoms with Gasteiger partial charge >= 0.3 is 0 Å². The van der Waals surface area contributed by atoms with Crippen LogP contribution in [-0.2, 0) is 13.1 Å². The van der Waals surface area contributed by atoms with Crippen molar-refractivity contribution in [1.29, 1.82) is 0 Å². The van der Waals surface area contributed by atoms with E-state index in [0.29, 0.717) is 30.9 Å². The highest BCUT2D eigenvalue weighted by molar-refractivity contribution is 7.16. The molecule has 25 heavy (non-hydrogen) atoms. The predicted molar refractivity (Wildman–Crippen MR) is 93.3 cm³/mol. The number of hydrogen-bond acceptors (Lipinski definition) is 6. The fraction of sp³-hybridized carbons (Fsp3) is 0.353. The summed E-state index contributed by atoms with van der Waals surface area (Å²) in [5.74, 6) is -0.0193. The standard InChI is InChI=1S/C17H18N4O3S/c22-9-15(23)14-7-12-8-20(4-1-5-21(12)19-14)17(24)11-2-3-13-16(6-11)25-10-18-13/h2-3,6-7,10,15,22-23H,1,4-5,8-9H2. The molecule has 3 aromatic rings. The Morgan fingerprint density at radius 2 is 2.20 bits per heavy atom. The summed E-state index contributed by atoms with van der Waals surface area (Å²) in [4.78, 5) is 19.0. The molecule has 3 heterocycles. The first-order valence-electron chi connectivity index (χ1n) is 8.14. The normalized spacial score (nSPS) is 15.8. The molecule has 0 aliphatic carbocycles. The zero-order valence-corrected chi connectivity index (χ0v) is 14.3. The minimum Gasteiger partial charge on any atom is -0.393 e. The summed E-state index contributed by atoms with van der Waals surface area (Å²) in [5.41, 5.74) is 4.64. The summed E-state index contributed by atoms with van der Waals surface area (Å²) in [7, 11) is 0. The van der Waals surface area contributed by atoms with E-state index in [1.54, 1.807) is 16.5 Å². The first-order chi connectivity index (χ1) is 12.2. The maximum atomic E-state index is 12.9. The first-order valence-corrected chi connectivity index (χ1v) is 9.02. The molecule has 1 unspecified atom stereocenters. The maximum Gasteiger partial charge on any atom is 0.254 e. The van der Waals surface area contributed by atoms with Crippen LogP contribution in [0.3, 0.4) is 0 Å². The molecule has 1 atom stereocenters. The maximum absolute atomic E-state index is 12.9. The van der Waals surface area contributed by atoms with Crippen molar-refractivity contribution in [3.05, 3.63) is 46.7 Å². The minimum atomic E-state index is -0.989. The van der Waals surface area contributed by atoms with Crippen LogP contribution in [0.15, 0.2) is 29.8 Å². The lowest BCUT2D eigenvalue weighted by Crippen LogP contribution is -2.30. The Morgan fingerprint density at radius 3 is 3.04 bits per heavy atom. The van der Waals surface area contributed by atoms with Crippen LogP contribution < -0.4 is 0 Å². The van der Waals surface area contributed by atoms with E-state index in [-0.39, 0.29) is 12.5 Å². The number of aliphatic hydroxyl groups is 2. The van der Waals surface area contributed by atoms with E-state index < -0.39 is 6.10 Å². The van der Waals surface area contributed by atoms with E-state index in [2.05, 4.69) is 10.1 Å². The molecule has 0 saturated heterocycles. The molecule has 1 amide bonds. The van der Waals surface area contributed by atoms with Crippen LogP contribution in [-0.4, -0.2) is 48.9 Å². The number of nitrogens with zero attached hydrogens (tertiary/aromatic N) is 4. The van der Waals surface area contributed by atoms with E-state index in [1.807, 2.05) is 22.9 Å². The number of amides is 1. The topological polar surface area (TPSA) is 91.5 Å². The van der Waals surface area contributed by atoms with E-state index >= 15 is 0 Å². The van der Waals surface area contributed by atoms with E-state index in [9.17, 15) is 9.90 Å². The molecule has 1 aliphatic rings. The summed E-state index contributed by atoms with van der Waals surface area (Å²) >= 11 is 1.52. The third-order valence-electron chi connectivity index (χ3n) is 4.41. The largest absolute Gasteiger partial charge is 0.393 e. The fourth-order valence-electron chi connectivity index (χ4n) is 3.08. The Bertz CT molecular complexity index is 920. The Kier molecular flexibility index (Phi) is 4.24. The molecule has 0 spiro atoms. The summed E-state index contributed by atoms with van der Waals surface area (Å²) in [5, 5.41) is 23.2. The number of aryl methyl sites for hydroxylation is 1. The average Bonchev–Trinajstić information content (AvgIpc) is 3.21. The molecule has 0 bridgehead atoms. The van der Waals surface area contributed by atoms with Crippen molar-refractivity contribution in [2.75, 3.05) is 13.2 Å². The Balaban J connectivity index is 1.59. The van der Waals surface area contributed by atoms with Crippen molar-refractivity contribution in [2.24, 2.45) is 0 Å². The number of rotatable bonds is 3. The first kappa shape index (κ1) is 16.2. The van der Waals surface area contributed by atoms with Gasteiger partial charge in [0.2, 0.25) is 0 Å². The van der Waals surface area contributed by atoms with Gasteiger partial charge in [-0.3, -0.25) is 9.48 Å². The van der Waals surface area contributed by atoms with Crippen molar-refractivity contribution >= 4 is 27.5 Å². The van der Waals surface area contributed by atoms with Gasteiger partial charge in [-0.25, -0.2) is 4.98 Å². The van der Waals surface area contributed by atoms with E-state index in [1.165, 1.54) is 11.3 Å². The van der Waals surface area contributed by atoms with Crippen LogP contribution in [0.25, 0.3) is 10.2 Å². The smallest absolute Gasteiger partial charge is 0.254 e. The molecule has 4 rings (SSSR count). The van der Waals surface area contributed by atoms with Gasteiger partial charge in [-0.1, -0.05) is 0 Å². The second-order valence-corrected chi connectivity index (χ2v) is 6.98. The molecular weight excluding hydrogens is 340 g/mol. The second kappa shape index (κ2) is 6.55. The van der Waals surface area contributed by atoms with Gasteiger partial charge in [0.25, 0.3) is 5.91 Å². The number of carbonyl (C=O) groups excluding carboxylic acids is 1. The van der Waals surface area contributed by atoms with Gasteiger partial charge in [-0.2, -0.15) is 5.10 Å². The zero-order chi connectivity index (χ0) is 17.4. The zero-order valence-electron chi connectivity index (χ0n) is 13.5. The van der Waals surface area contributed by atoms with Crippen LogP contribution in [0.4, 0.5) is 0 Å². The van der Waals surface area contributed by atoms with Crippen molar-refractivity contribution in [3.63, 3.8) is 0 Å². The molecule has 1 aromatic carbocycles. The number of benzene rings is 1. The van der Waals surface area contributed by atoms with Crippen LogP contribution in [0.1, 0.15) is 34.3 Å². The van der Waals surface area contributed by atoms with E-state index in [0.717, 1.165) is 22.3 Å². The van der Waals surface area contributed by atoms with Gasteiger partial charge in [0, 0.05) is 18.7 Å². The third kappa shape index (κ3) is 3.04. The predicted octanol–water partition coefficient (Wildman–Crippen LogP) is 1.56. The average molecular weight is 358 g/mol. The van der Waals surface area contributed by atoms with Gasteiger partial charge < -0.3 is 15.1 Å². The lowest BCUT2D eigenvalue weighted by Gasteiger charge is -2.20. The monoisotopic (exact) mass is 358 g/mol. The summed E-state index contributed by atoms with van der Waals surface area (Å²) in [6, 6.07) is 7.34. The summed E-state index contributed by atoms with van der Waals surface area (Å²) < 4.78 is 2.81. The quantitative estimate of drug-likeness (QED) is 0.741. The van der Waals surface area contributed by atoms with Crippen LogP contribution in [0.2, 0.25) is 0 Å².